The number of hydrogen-bond acceptors (Lipinski definition) is 5. The molecule has 1 aliphatic rings. The third-order valence-corrected chi connectivity index (χ3v) is 6.14. The fourth-order valence-corrected chi connectivity index (χ4v) is 4.30. The van der Waals surface area contributed by atoms with Gasteiger partial charge in [0.15, 0.2) is 0 Å². The SMILES string of the molecule is CCc1cnc(CNS(=O)(=O)C2CCNCC2)s1. The van der Waals surface area contributed by atoms with E-state index in [0.29, 0.717) is 19.4 Å². The summed E-state index contributed by atoms with van der Waals surface area (Å²) in [6.45, 7) is 3.94. The highest BCUT2D eigenvalue weighted by Gasteiger charge is 2.26. The number of nitrogens with zero attached hydrogens (tertiary/aromatic N) is 1. The minimum atomic E-state index is -3.20. The van der Waals surface area contributed by atoms with Crippen LogP contribution in [-0.4, -0.2) is 31.7 Å². The first-order chi connectivity index (χ1) is 8.62. The van der Waals surface area contributed by atoms with Gasteiger partial charge in [0.05, 0.1) is 11.8 Å². The van der Waals surface area contributed by atoms with Crippen LogP contribution in [0.4, 0.5) is 0 Å². The van der Waals surface area contributed by atoms with E-state index in [1.807, 2.05) is 6.20 Å². The summed E-state index contributed by atoms with van der Waals surface area (Å²) < 4.78 is 26.8. The summed E-state index contributed by atoms with van der Waals surface area (Å²) in [6, 6.07) is 0. The molecule has 5 nitrogen and oxygen atoms in total. The molecule has 18 heavy (non-hydrogen) atoms. The van der Waals surface area contributed by atoms with E-state index in [1.165, 1.54) is 4.88 Å². The third kappa shape index (κ3) is 3.50. The van der Waals surface area contributed by atoms with Crippen molar-refractivity contribution in [3.05, 3.63) is 16.1 Å². The average molecular weight is 289 g/mol. The van der Waals surface area contributed by atoms with Gasteiger partial charge in [-0.1, -0.05) is 6.92 Å². The molecule has 1 aliphatic heterocycles. The number of sulfonamides is 1. The van der Waals surface area contributed by atoms with Crippen LogP contribution in [0.25, 0.3) is 0 Å². The summed E-state index contributed by atoms with van der Waals surface area (Å²) in [5.41, 5.74) is 0. The molecule has 0 unspecified atom stereocenters. The van der Waals surface area contributed by atoms with Gasteiger partial charge in [0.25, 0.3) is 0 Å². The van der Waals surface area contributed by atoms with Gasteiger partial charge in [0.2, 0.25) is 10.0 Å². The maximum Gasteiger partial charge on any atom is 0.214 e. The molecular formula is C11H19N3O2S2. The number of thiazole rings is 1. The molecule has 0 amide bonds. The molecule has 1 aromatic heterocycles. The number of nitrogens with one attached hydrogen (secondary N) is 2. The van der Waals surface area contributed by atoms with Crippen LogP contribution >= 0.6 is 11.3 Å². The van der Waals surface area contributed by atoms with Crippen LogP contribution in [0.1, 0.15) is 29.7 Å². The zero-order valence-electron chi connectivity index (χ0n) is 10.5. The lowest BCUT2D eigenvalue weighted by Gasteiger charge is -2.22. The Morgan fingerprint density at radius 2 is 2.22 bits per heavy atom. The Labute approximate surface area is 112 Å². The molecule has 102 valence electrons. The minimum Gasteiger partial charge on any atom is -0.317 e. The van der Waals surface area contributed by atoms with Crippen molar-refractivity contribution in [2.24, 2.45) is 0 Å². The lowest BCUT2D eigenvalue weighted by atomic mass is 10.2. The maximum atomic E-state index is 12.1. The van der Waals surface area contributed by atoms with Crippen LogP contribution in [0.3, 0.4) is 0 Å². The Morgan fingerprint density at radius 3 is 2.83 bits per heavy atom. The Kier molecular flexibility index (Phi) is 4.71. The Morgan fingerprint density at radius 1 is 1.50 bits per heavy atom. The predicted octanol–water partition coefficient (Wildman–Crippen LogP) is 0.877. The average Bonchev–Trinajstić information content (AvgIpc) is 2.86. The van der Waals surface area contributed by atoms with Gasteiger partial charge in [0.1, 0.15) is 5.01 Å². The van der Waals surface area contributed by atoms with Gasteiger partial charge in [0, 0.05) is 11.1 Å². The summed E-state index contributed by atoms with van der Waals surface area (Å²) in [4.78, 5) is 5.40. The predicted molar refractivity (Wildman–Crippen MR) is 73.1 cm³/mol. The zero-order valence-corrected chi connectivity index (χ0v) is 12.1. The second-order valence-corrected chi connectivity index (χ2v) is 7.63. The number of piperidine rings is 1. The van der Waals surface area contributed by atoms with Crippen LogP contribution in [0.2, 0.25) is 0 Å². The van der Waals surface area contributed by atoms with Crippen molar-refractivity contribution in [1.82, 2.24) is 15.0 Å². The van der Waals surface area contributed by atoms with Crippen LogP contribution in [0, 0.1) is 0 Å². The highest BCUT2D eigenvalue weighted by molar-refractivity contribution is 7.90. The topological polar surface area (TPSA) is 71.1 Å². The van der Waals surface area contributed by atoms with Gasteiger partial charge in [-0.3, -0.25) is 0 Å². The molecule has 0 bridgehead atoms. The van der Waals surface area contributed by atoms with Crippen molar-refractivity contribution in [3.8, 4) is 0 Å². The van der Waals surface area contributed by atoms with Crippen molar-refractivity contribution >= 4 is 21.4 Å². The van der Waals surface area contributed by atoms with Crippen molar-refractivity contribution in [3.63, 3.8) is 0 Å². The minimum absolute atomic E-state index is 0.260. The lowest BCUT2D eigenvalue weighted by molar-refractivity contribution is 0.489. The van der Waals surface area contributed by atoms with Crippen LogP contribution in [0.15, 0.2) is 6.20 Å². The summed E-state index contributed by atoms with van der Waals surface area (Å²) in [5, 5.41) is 3.75. The van der Waals surface area contributed by atoms with E-state index >= 15 is 0 Å². The summed E-state index contributed by atoms with van der Waals surface area (Å²) in [5.74, 6) is 0. The van der Waals surface area contributed by atoms with E-state index in [1.54, 1.807) is 11.3 Å². The standard InChI is InChI=1S/C11H19N3O2S2/c1-2-9-7-13-11(17-9)8-14-18(15,16)10-3-5-12-6-4-10/h7,10,12,14H,2-6,8H2,1H3. The van der Waals surface area contributed by atoms with E-state index in [0.717, 1.165) is 24.5 Å². The van der Waals surface area contributed by atoms with Crippen molar-refractivity contribution < 1.29 is 8.42 Å². The number of rotatable bonds is 5. The van der Waals surface area contributed by atoms with Gasteiger partial charge in [-0.15, -0.1) is 11.3 Å². The highest BCUT2D eigenvalue weighted by Crippen LogP contribution is 2.15. The molecule has 0 aromatic carbocycles. The Hall–Kier alpha value is -0.500. The smallest absolute Gasteiger partial charge is 0.214 e. The van der Waals surface area contributed by atoms with Crippen LogP contribution < -0.4 is 10.0 Å². The van der Waals surface area contributed by atoms with Crippen LogP contribution in [0.5, 0.6) is 0 Å². The van der Waals surface area contributed by atoms with Gasteiger partial charge >= 0.3 is 0 Å². The summed E-state index contributed by atoms with van der Waals surface area (Å²) in [7, 11) is -3.20. The maximum absolute atomic E-state index is 12.1. The molecule has 2 rings (SSSR count). The van der Waals surface area contributed by atoms with Crippen molar-refractivity contribution in [2.75, 3.05) is 13.1 Å². The van der Waals surface area contributed by atoms with E-state index in [2.05, 4.69) is 21.9 Å². The van der Waals surface area contributed by atoms with Gasteiger partial charge in [-0.2, -0.15) is 0 Å². The second-order valence-electron chi connectivity index (χ2n) is 4.39. The van der Waals surface area contributed by atoms with Gasteiger partial charge in [-0.25, -0.2) is 18.1 Å². The molecule has 0 radical (unpaired) electrons. The number of aromatic nitrogens is 1. The third-order valence-electron chi connectivity index (χ3n) is 3.10. The first-order valence-corrected chi connectivity index (χ1v) is 8.61. The molecule has 1 aromatic rings. The van der Waals surface area contributed by atoms with Gasteiger partial charge < -0.3 is 5.32 Å². The first kappa shape index (κ1) is 13.9. The molecule has 2 heterocycles. The zero-order chi connectivity index (χ0) is 13.0. The van der Waals surface area contributed by atoms with E-state index in [-0.39, 0.29) is 5.25 Å². The van der Waals surface area contributed by atoms with Gasteiger partial charge in [-0.05, 0) is 32.4 Å². The number of hydrogen-bond donors (Lipinski definition) is 2. The van der Waals surface area contributed by atoms with Crippen molar-refractivity contribution in [2.45, 2.75) is 38.0 Å². The number of aryl methyl sites for hydroxylation is 1. The first-order valence-electron chi connectivity index (χ1n) is 6.24. The molecule has 2 N–H and O–H groups in total. The lowest BCUT2D eigenvalue weighted by Crippen LogP contribution is -2.41. The summed E-state index contributed by atoms with van der Waals surface area (Å²) >= 11 is 1.57. The van der Waals surface area contributed by atoms with Crippen LogP contribution in [-0.2, 0) is 23.0 Å². The monoisotopic (exact) mass is 289 g/mol. The molecular weight excluding hydrogens is 270 g/mol. The highest BCUT2D eigenvalue weighted by atomic mass is 32.2. The Balaban J connectivity index is 1.91. The molecule has 0 saturated carbocycles. The molecule has 7 heteroatoms. The largest absolute Gasteiger partial charge is 0.317 e. The second kappa shape index (κ2) is 6.10. The Bertz CT molecular complexity index is 478. The van der Waals surface area contributed by atoms with E-state index < -0.39 is 10.0 Å². The molecule has 0 spiro atoms. The molecule has 1 saturated heterocycles. The van der Waals surface area contributed by atoms with E-state index in [9.17, 15) is 8.42 Å². The quantitative estimate of drug-likeness (QED) is 0.844. The summed E-state index contributed by atoms with van der Waals surface area (Å²) in [6.07, 6.45) is 4.14. The fraction of sp³-hybridized carbons (Fsp3) is 0.727. The fourth-order valence-electron chi connectivity index (χ4n) is 1.98. The molecule has 0 atom stereocenters. The molecule has 1 fully saturated rings. The molecule has 0 aliphatic carbocycles. The van der Waals surface area contributed by atoms with E-state index in [4.69, 9.17) is 0 Å². The van der Waals surface area contributed by atoms with Crippen molar-refractivity contribution in [1.29, 1.82) is 0 Å². The normalized spacial score (nSPS) is 18.1.